The first-order valence-electron chi connectivity index (χ1n) is 4.68. The number of primary amides is 1. The van der Waals surface area contributed by atoms with E-state index in [4.69, 9.17) is 5.73 Å². The van der Waals surface area contributed by atoms with Crippen LogP contribution in [-0.2, 0) is 0 Å². The minimum Gasteiger partial charge on any atom is -0.366 e. The topological polar surface area (TPSA) is 56.0 Å². The molecule has 0 spiro atoms. The fourth-order valence-electron chi connectivity index (χ4n) is 1.43. The van der Waals surface area contributed by atoms with Crippen molar-refractivity contribution in [2.75, 3.05) is 0 Å². The van der Waals surface area contributed by atoms with Crippen LogP contribution in [0.25, 0.3) is 11.1 Å². The van der Waals surface area contributed by atoms with Gasteiger partial charge in [-0.25, -0.2) is 0 Å². The van der Waals surface area contributed by atoms with Crippen molar-refractivity contribution in [3.05, 3.63) is 52.8 Å². The molecule has 0 aliphatic carbocycles. The second-order valence-electron chi connectivity index (χ2n) is 3.29. The number of carbonyl (C=O) groups is 1. The van der Waals surface area contributed by atoms with E-state index in [0.717, 1.165) is 15.6 Å². The summed E-state index contributed by atoms with van der Waals surface area (Å²) < 4.78 is 0.920. The number of carbonyl (C=O) groups excluding carboxylic acids is 1. The Hall–Kier alpha value is -1.68. The Bertz CT molecular complexity index is 526. The second-order valence-corrected chi connectivity index (χ2v) is 4.15. The Kier molecular flexibility index (Phi) is 3.01. The van der Waals surface area contributed by atoms with E-state index in [2.05, 4.69) is 20.9 Å². The molecule has 3 nitrogen and oxygen atoms in total. The fraction of sp³-hybridized carbons (Fsp3) is 0. The third kappa shape index (κ3) is 2.12. The van der Waals surface area contributed by atoms with Crippen LogP contribution in [0.5, 0.6) is 0 Å². The van der Waals surface area contributed by atoms with Gasteiger partial charge in [0.05, 0.1) is 0 Å². The number of amides is 1. The van der Waals surface area contributed by atoms with Crippen LogP contribution in [0.4, 0.5) is 0 Å². The smallest absolute Gasteiger partial charge is 0.248 e. The highest BCUT2D eigenvalue weighted by molar-refractivity contribution is 9.10. The molecule has 0 aliphatic heterocycles. The minimum atomic E-state index is -0.428. The van der Waals surface area contributed by atoms with Gasteiger partial charge in [-0.3, -0.25) is 9.78 Å². The van der Waals surface area contributed by atoms with E-state index in [9.17, 15) is 4.79 Å². The number of aromatic nitrogens is 1. The summed E-state index contributed by atoms with van der Waals surface area (Å²) >= 11 is 3.44. The zero-order valence-electron chi connectivity index (χ0n) is 8.35. The van der Waals surface area contributed by atoms with Crippen LogP contribution in [0.2, 0.25) is 0 Å². The minimum absolute atomic E-state index is 0.428. The summed E-state index contributed by atoms with van der Waals surface area (Å²) in [5, 5.41) is 0. The predicted octanol–water partition coefficient (Wildman–Crippen LogP) is 2.61. The van der Waals surface area contributed by atoms with Crippen molar-refractivity contribution in [2.24, 2.45) is 5.73 Å². The molecule has 2 N–H and O–H groups in total. The maximum atomic E-state index is 11.1. The number of benzene rings is 1. The van der Waals surface area contributed by atoms with Crippen LogP contribution in [-0.4, -0.2) is 10.9 Å². The summed E-state index contributed by atoms with van der Waals surface area (Å²) in [6.07, 6.45) is 3.41. The molecular weight excluding hydrogens is 268 g/mol. The number of hydrogen-bond donors (Lipinski definition) is 1. The number of rotatable bonds is 2. The maximum absolute atomic E-state index is 11.1. The fourth-order valence-corrected chi connectivity index (χ4v) is 1.91. The van der Waals surface area contributed by atoms with E-state index in [1.54, 1.807) is 24.5 Å². The van der Waals surface area contributed by atoms with Crippen molar-refractivity contribution >= 4 is 21.8 Å². The third-order valence-electron chi connectivity index (χ3n) is 2.24. The first-order valence-corrected chi connectivity index (χ1v) is 5.47. The third-order valence-corrected chi connectivity index (χ3v) is 2.93. The van der Waals surface area contributed by atoms with Crippen LogP contribution in [0.15, 0.2) is 47.2 Å². The summed E-state index contributed by atoms with van der Waals surface area (Å²) in [5.41, 5.74) is 7.66. The lowest BCUT2D eigenvalue weighted by atomic mass is 10.0. The monoisotopic (exact) mass is 276 g/mol. The van der Waals surface area contributed by atoms with Gasteiger partial charge in [-0.1, -0.05) is 15.9 Å². The molecule has 1 aromatic heterocycles. The molecule has 1 aromatic carbocycles. The van der Waals surface area contributed by atoms with E-state index < -0.39 is 5.91 Å². The van der Waals surface area contributed by atoms with Gasteiger partial charge in [-0.2, -0.15) is 0 Å². The quantitative estimate of drug-likeness (QED) is 0.917. The number of halogens is 1. The van der Waals surface area contributed by atoms with E-state index in [-0.39, 0.29) is 0 Å². The van der Waals surface area contributed by atoms with Crippen LogP contribution < -0.4 is 5.73 Å². The van der Waals surface area contributed by atoms with Crippen LogP contribution in [0.3, 0.4) is 0 Å². The van der Waals surface area contributed by atoms with Crippen molar-refractivity contribution in [2.45, 2.75) is 0 Å². The van der Waals surface area contributed by atoms with Gasteiger partial charge in [0.1, 0.15) is 0 Å². The van der Waals surface area contributed by atoms with Crippen LogP contribution in [0.1, 0.15) is 10.4 Å². The van der Waals surface area contributed by atoms with E-state index in [1.807, 2.05) is 18.2 Å². The Labute approximate surface area is 101 Å². The Morgan fingerprint density at radius 3 is 2.50 bits per heavy atom. The molecule has 0 unspecified atom stereocenters. The Morgan fingerprint density at radius 2 is 1.88 bits per heavy atom. The van der Waals surface area contributed by atoms with E-state index >= 15 is 0 Å². The average molecular weight is 277 g/mol. The molecular formula is C12H9BrN2O. The van der Waals surface area contributed by atoms with Gasteiger partial charge in [0.15, 0.2) is 0 Å². The summed E-state index contributed by atoms with van der Waals surface area (Å²) in [4.78, 5) is 15.0. The van der Waals surface area contributed by atoms with Crippen molar-refractivity contribution in [3.63, 3.8) is 0 Å². The normalized spacial score (nSPS) is 10.1. The molecule has 2 aromatic rings. The van der Waals surface area contributed by atoms with Gasteiger partial charge in [0, 0.05) is 22.4 Å². The van der Waals surface area contributed by atoms with Crippen LogP contribution in [0, 0.1) is 0 Å². The van der Waals surface area contributed by atoms with Gasteiger partial charge in [0.2, 0.25) is 5.91 Å². The summed E-state index contributed by atoms with van der Waals surface area (Å²) in [5.74, 6) is -0.428. The van der Waals surface area contributed by atoms with Crippen molar-refractivity contribution < 1.29 is 4.79 Å². The Morgan fingerprint density at radius 1 is 1.19 bits per heavy atom. The van der Waals surface area contributed by atoms with Crippen molar-refractivity contribution in [1.82, 2.24) is 4.98 Å². The SMILES string of the molecule is NC(=O)c1ccc(Br)c(-c2ccncc2)c1. The molecule has 80 valence electrons. The number of pyridine rings is 1. The molecule has 0 fully saturated rings. The predicted molar refractivity (Wildman–Crippen MR) is 65.9 cm³/mol. The molecule has 4 heteroatoms. The highest BCUT2D eigenvalue weighted by atomic mass is 79.9. The highest BCUT2D eigenvalue weighted by Crippen LogP contribution is 2.28. The summed E-state index contributed by atoms with van der Waals surface area (Å²) in [6.45, 7) is 0. The number of hydrogen-bond acceptors (Lipinski definition) is 2. The first kappa shape index (κ1) is 10.8. The van der Waals surface area contributed by atoms with Crippen molar-refractivity contribution in [3.8, 4) is 11.1 Å². The van der Waals surface area contributed by atoms with Gasteiger partial charge < -0.3 is 5.73 Å². The standard InChI is InChI=1S/C12H9BrN2O/c13-11-2-1-9(12(14)16)7-10(11)8-3-5-15-6-4-8/h1-7H,(H2,14,16). The molecule has 1 amide bonds. The zero-order chi connectivity index (χ0) is 11.5. The first-order chi connectivity index (χ1) is 7.68. The molecule has 0 saturated carbocycles. The maximum Gasteiger partial charge on any atom is 0.248 e. The average Bonchev–Trinajstić information content (AvgIpc) is 2.30. The van der Waals surface area contributed by atoms with Crippen LogP contribution >= 0.6 is 15.9 Å². The lowest BCUT2D eigenvalue weighted by Gasteiger charge is -2.05. The highest BCUT2D eigenvalue weighted by Gasteiger charge is 2.07. The number of nitrogens with zero attached hydrogens (tertiary/aromatic N) is 1. The van der Waals surface area contributed by atoms with Gasteiger partial charge in [-0.15, -0.1) is 0 Å². The lowest BCUT2D eigenvalue weighted by Crippen LogP contribution is -2.10. The molecule has 0 bridgehead atoms. The summed E-state index contributed by atoms with van der Waals surface area (Å²) in [7, 11) is 0. The molecule has 2 rings (SSSR count). The van der Waals surface area contributed by atoms with E-state index in [0.29, 0.717) is 5.56 Å². The molecule has 0 saturated heterocycles. The van der Waals surface area contributed by atoms with E-state index in [1.165, 1.54) is 0 Å². The lowest BCUT2D eigenvalue weighted by molar-refractivity contribution is 0.100. The van der Waals surface area contributed by atoms with Gasteiger partial charge in [0.25, 0.3) is 0 Å². The molecule has 0 radical (unpaired) electrons. The molecule has 0 aliphatic rings. The molecule has 1 heterocycles. The summed E-state index contributed by atoms with van der Waals surface area (Å²) in [6, 6.07) is 9.03. The molecule has 16 heavy (non-hydrogen) atoms. The Balaban J connectivity index is 2.56. The number of nitrogens with two attached hydrogens (primary N) is 1. The van der Waals surface area contributed by atoms with Gasteiger partial charge in [-0.05, 0) is 41.5 Å². The largest absolute Gasteiger partial charge is 0.366 e. The zero-order valence-corrected chi connectivity index (χ0v) is 9.94. The molecule has 0 atom stereocenters. The second kappa shape index (κ2) is 4.45. The van der Waals surface area contributed by atoms with Gasteiger partial charge >= 0.3 is 0 Å². The van der Waals surface area contributed by atoms with Crippen molar-refractivity contribution in [1.29, 1.82) is 0 Å².